The maximum atomic E-state index is 12.3. The zero-order valence-electron chi connectivity index (χ0n) is 10.4. The Hall–Kier alpha value is -1.19. The average molecular weight is 266 g/mol. The van der Waals surface area contributed by atoms with Gasteiger partial charge in [0.05, 0.1) is 6.04 Å². The summed E-state index contributed by atoms with van der Waals surface area (Å²) in [5.41, 5.74) is 0.670. The van der Waals surface area contributed by atoms with Crippen LogP contribution in [0.4, 0.5) is 0 Å². The molecule has 1 heterocycles. The number of carbonyl (C=O) groups is 2. The van der Waals surface area contributed by atoms with Crippen molar-refractivity contribution in [3.05, 3.63) is 34.9 Å². The number of likely N-dealkylation sites (tertiary alicyclic amines) is 1. The molecule has 4 heteroatoms. The number of hydrogen-bond acceptors (Lipinski definition) is 3. The minimum atomic E-state index is -0.181. The lowest BCUT2D eigenvalue weighted by Gasteiger charge is -2.30. The largest absolute Gasteiger partial charge is 0.300 e. The van der Waals surface area contributed by atoms with Gasteiger partial charge in [-0.05, 0) is 31.2 Å². The molecular formula is C14H16ClNO2. The van der Waals surface area contributed by atoms with E-state index in [9.17, 15) is 9.59 Å². The number of rotatable bonds is 3. The van der Waals surface area contributed by atoms with Crippen LogP contribution in [0, 0.1) is 0 Å². The summed E-state index contributed by atoms with van der Waals surface area (Å²) >= 11 is 5.80. The third-order valence-electron chi connectivity index (χ3n) is 3.41. The van der Waals surface area contributed by atoms with Crippen molar-refractivity contribution in [2.75, 3.05) is 13.1 Å². The highest BCUT2D eigenvalue weighted by Gasteiger charge is 2.25. The van der Waals surface area contributed by atoms with Crippen LogP contribution in [0.25, 0.3) is 0 Å². The molecule has 1 unspecified atom stereocenters. The third kappa shape index (κ3) is 2.98. The molecule has 96 valence electrons. The van der Waals surface area contributed by atoms with Crippen LogP contribution < -0.4 is 0 Å². The first kappa shape index (κ1) is 13.2. The number of Topliss-reactive ketones (excluding diaryl/α,β-unsaturated/α-hetero) is 2. The molecule has 2 rings (SSSR count). The number of carbonyl (C=O) groups excluding carboxylic acids is 2. The molecule has 1 atom stereocenters. The zero-order chi connectivity index (χ0) is 13.1. The third-order valence-corrected chi connectivity index (χ3v) is 3.66. The van der Waals surface area contributed by atoms with Gasteiger partial charge in [0.1, 0.15) is 5.78 Å². The van der Waals surface area contributed by atoms with Gasteiger partial charge in [0.2, 0.25) is 0 Å². The second-order valence-electron chi connectivity index (χ2n) is 4.62. The Bertz CT molecular complexity index is 445. The Morgan fingerprint density at radius 2 is 1.78 bits per heavy atom. The molecule has 0 spiro atoms. The number of halogens is 1. The van der Waals surface area contributed by atoms with Crippen LogP contribution in [0.3, 0.4) is 0 Å². The number of hydrogen-bond donors (Lipinski definition) is 0. The van der Waals surface area contributed by atoms with Gasteiger partial charge in [-0.15, -0.1) is 0 Å². The zero-order valence-corrected chi connectivity index (χ0v) is 11.1. The molecule has 0 aromatic heterocycles. The van der Waals surface area contributed by atoms with Gasteiger partial charge in [-0.25, -0.2) is 0 Å². The van der Waals surface area contributed by atoms with Crippen molar-refractivity contribution in [1.29, 1.82) is 0 Å². The molecule has 0 bridgehead atoms. The Kier molecular flexibility index (Phi) is 4.15. The smallest absolute Gasteiger partial charge is 0.179 e. The normalized spacial score (nSPS) is 18.7. The van der Waals surface area contributed by atoms with Gasteiger partial charge >= 0.3 is 0 Å². The van der Waals surface area contributed by atoms with Crippen LogP contribution >= 0.6 is 11.6 Å². The summed E-state index contributed by atoms with van der Waals surface area (Å²) in [6.07, 6.45) is 1.11. The molecular weight excluding hydrogens is 250 g/mol. The number of piperidine rings is 1. The molecule has 1 saturated heterocycles. The first-order valence-corrected chi connectivity index (χ1v) is 6.51. The predicted molar refractivity (Wildman–Crippen MR) is 71.1 cm³/mol. The van der Waals surface area contributed by atoms with Crippen LogP contribution in [0.1, 0.15) is 30.1 Å². The standard InChI is InChI=1S/C14H16ClNO2/c1-10(16-8-6-13(17)7-9-16)14(18)11-2-4-12(15)5-3-11/h2-5,10H,6-9H2,1H3. The van der Waals surface area contributed by atoms with E-state index in [0.29, 0.717) is 36.5 Å². The lowest BCUT2D eigenvalue weighted by Crippen LogP contribution is -2.44. The number of nitrogens with zero attached hydrogens (tertiary/aromatic N) is 1. The Morgan fingerprint density at radius 1 is 1.22 bits per heavy atom. The fourth-order valence-electron chi connectivity index (χ4n) is 2.18. The molecule has 1 aliphatic rings. The van der Waals surface area contributed by atoms with E-state index in [2.05, 4.69) is 4.90 Å². The first-order valence-electron chi connectivity index (χ1n) is 6.13. The number of benzene rings is 1. The van der Waals surface area contributed by atoms with Crippen LogP contribution in [0.15, 0.2) is 24.3 Å². The summed E-state index contributed by atoms with van der Waals surface area (Å²) in [5, 5.41) is 0.628. The Balaban J connectivity index is 2.04. The van der Waals surface area contributed by atoms with Crippen LogP contribution in [0.5, 0.6) is 0 Å². The summed E-state index contributed by atoms with van der Waals surface area (Å²) in [7, 11) is 0. The van der Waals surface area contributed by atoms with Gasteiger partial charge < -0.3 is 0 Å². The van der Waals surface area contributed by atoms with Crippen LogP contribution in [0.2, 0.25) is 5.02 Å². The Labute approximate surface area is 112 Å². The van der Waals surface area contributed by atoms with E-state index in [0.717, 1.165) is 0 Å². The van der Waals surface area contributed by atoms with E-state index in [1.807, 2.05) is 6.92 Å². The van der Waals surface area contributed by atoms with E-state index >= 15 is 0 Å². The van der Waals surface area contributed by atoms with Crippen LogP contribution in [-0.4, -0.2) is 35.6 Å². The molecule has 0 N–H and O–H groups in total. The Morgan fingerprint density at radius 3 is 2.33 bits per heavy atom. The van der Waals surface area contributed by atoms with E-state index in [4.69, 9.17) is 11.6 Å². The van der Waals surface area contributed by atoms with E-state index in [1.54, 1.807) is 24.3 Å². The highest BCUT2D eigenvalue weighted by Crippen LogP contribution is 2.16. The van der Waals surface area contributed by atoms with E-state index in [-0.39, 0.29) is 17.6 Å². The lowest BCUT2D eigenvalue weighted by molar-refractivity contribution is -0.121. The molecule has 18 heavy (non-hydrogen) atoms. The maximum absolute atomic E-state index is 12.3. The molecule has 0 amide bonds. The van der Waals surface area contributed by atoms with Gasteiger partial charge in [0.15, 0.2) is 5.78 Å². The summed E-state index contributed by atoms with van der Waals surface area (Å²) in [6.45, 7) is 3.26. The van der Waals surface area contributed by atoms with Crippen molar-refractivity contribution in [1.82, 2.24) is 4.90 Å². The monoisotopic (exact) mass is 265 g/mol. The first-order chi connectivity index (χ1) is 8.58. The molecule has 1 fully saturated rings. The van der Waals surface area contributed by atoms with Gasteiger partial charge in [-0.2, -0.15) is 0 Å². The summed E-state index contributed by atoms with van der Waals surface area (Å²) < 4.78 is 0. The number of ketones is 2. The maximum Gasteiger partial charge on any atom is 0.179 e. The second-order valence-corrected chi connectivity index (χ2v) is 5.06. The van der Waals surface area contributed by atoms with E-state index < -0.39 is 0 Å². The molecule has 3 nitrogen and oxygen atoms in total. The molecule has 0 saturated carbocycles. The topological polar surface area (TPSA) is 37.4 Å². The summed E-state index contributed by atoms with van der Waals surface area (Å²) in [5.74, 6) is 0.374. The fourth-order valence-corrected chi connectivity index (χ4v) is 2.31. The molecule has 1 aromatic carbocycles. The SMILES string of the molecule is CC(C(=O)c1ccc(Cl)cc1)N1CCC(=O)CC1. The average Bonchev–Trinajstić information content (AvgIpc) is 2.39. The minimum absolute atomic E-state index is 0.0843. The second kappa shape index (κ2) is 5.63. The highest BCUT2D eigenvalue weighted by atomic mass is 35.5. The van der Waals surface area contributed by atoms with Crippen molar-refractivity contribution in [2.24, 2.45) is 0 Å². The molecule has 1 aromatic rings. The summed E-state index contributed by atoms with van der Waals surface area (Å²) in [4.78, 5) is 25.5. The van der Waals surface area contributed by atoms with Gasteiger partial charge in [0.25, 0.3) is 0 Å². The summed E-state index contributed by atoms with van der Waals surface area (Å²) in [6, 6.07) is 6.76. The minimum Gasteiger partial charge on any atom is -0.300 e. The molecule has 0 radical (unpaired) electrons. The molecule has 1 aliphatic heterocycles. The van der Waals surface area contributed by atoms with Gasteiger partial charge in [0, 0.05) is 36.5 Å². The van der Waals surface area contributed by atoms with E-state index in [1.165, 1.54) is 0 Å². The van der Waals surface area contributed by atoms with Gasteiger partial charge in [-0.1, -0.05) is 11.6 Å². The molecule has 0 aliphatic carbocycles. The lowest BCUT2D eigenvalue weighted by atomic mass is 10.0. The van der Waals surface area contributed by atoms with Crippen molar-refractivity contribution in [3.63, 3.8) is 0 Å². The quantitative estimate of drug-likeness (QED) is 0.789. The van der Waals surface area contributed by atoms with Crippen molar-refractivity contribution >= 4 is 23.2 Å². The van der Waals surface area contributed by atoms with Crippen LogP contribution in [-0.2, 0) is 4.79 Å². The predicted octanol–water partition coefficient (Wildman–Crippen LogP) is 2.58. The van der Waals surface area contributed by atoms with Gasteiger partial charge in [-0.3, -0.25) is 14.5 Å². The van der Waals surface area contributed by atoms with Crippen molar-refractivity contribution in [3.8, 4) is 0 Å². The van der Waals surface area contributed by atoms with Crippen molar-refractivity contribution < 1.29 is 9.59 Å². The highest BCUT2D eigenvalue weighted by molar-refractivity contribution is 6.30. The fraction of sp³-hybridized carbons (Fsp3) is 0.429. The van der Waals surface area contributed by atoms with Crippen molar-refractivity contribution in [2.45, 2.75) is 25.8 Å².